The van der Waals surface area contributed by atoms with E-state index >= 15 is 0 Å². The second kappa shape index (κ2) is 36.0. The van der Waals surface area contributed by atoms with E-state index in [1.807, 2.05) is 0 Å². The molecule has 0 amide bonds. The first-order valence-electron chi connectivity index (χ1n) is 38.2. The van der Waals surface area contributed by atoms with E-state index < -0.39 is 24.2 Å². The predicted molar refractivity (Wildman–Crippen MR) is 394 cm³/mol. The van der Waals surface area contributed by atoms with Crippen LogP contribution < -0.4 is 0 Å². The van der Waals surface area contributed by atoms with E-state index in [1.54, 1.807) is 97.8 Å². The van der Waals surface area contributed by atoms with Gasteiger partial charge < -0.3 is 33.2 Å². The molecule has 0 heterocycles. The molecule has 13 nitrogen and oxygen atoms in total. The molecule has 0 radical (unpaired) electrons. The van der Waals surface area contributed by atoms with E-state index in [0.717, 1.165) is 102 Å². The second-order valence-electron chi connectivity index (χ2n) is 33.5. The minimum Gasteiger partial charge on any atom is -0.466 e. The summed E-state index contributed by atoms with van der Waals surface area (Å²) in [6, 6.07) is 0. The van der Waals surface area contributed by atoms with Crippen molar-refractivity contribution in [3.05, 3.63) is 111 Å². The Bertz CT molecular complexity index is 2790. The van der Waals surface area contributed by atoms with Gasteiger partial charge in [0.2, 0.25) is 0 Å². The standard InChI is InChI=1S/C14H22O2.C13H20O2.C10H16.3C10H14.C6H10O3.C5H8O2.2C4H6O2/c1-9(2)12(15)16-11-8-10-6-7-14(11,5)13(10,3)4;1-5-11(14)15-10-8-9-6-7-13(10,4)12(9,2)3;4*1-2-9-7-4-5-8(6-7)10(9)3-1;1-4-6(7)9-5(2)8-3;1-4(2)5(6)7-3;2*1-3-4(5)6-2/h10-11H,1,6-8H2,2-5H3;5,9-10H,1,6-8H2,2-4H3;7-10H,1-6H2;3*1-2,7-10H,3-6H2;4-5H,1H2,2-3H3;1H2,2-3H3;2*3H,1H2,2H3. The molecule has 552 valence electrons. The van der Waals surface area contributed by atoms with Crippen molar-refractivity contribution in [2.24, 2.45) is 128 Å². The van der Waals surface area contributed by atoms with Crippen molar-refractivity contribution in [3.8, 4) is 0 Å². The van der Waals surface area contributed by atoms with Crippen molar-refractivity contribution in [1.29, 1.82) is 0 Å². The fraction of sp³-hybridized carbons (Fsp3) is 0.721. The third-order valence-electron chi connectivity index (χ3n) is 28.6. The van der Waals surface area contributed by atoms with Crippen molar-refractivity contribution in [2.75, 3.05) is 28.4 Å². The van der Waals surface area contributed by atoms with Gasteiger partial charge in [-0.3, -0.25) is 0 Å². The van der Waals surface area contributed by atoms with Crippen LogP contribution >= 0.6 is 0 Å². The van der Waals surface area contributed by atoms with E-state index in [-0.39, 0.29) is 40.9 Å². The summed E-state index contributed by atoms with van der Waals surface area (Å²) in [6.45, 7) is 38.7. The molecule has 99 heavy (non-hydrogen) atoms. The molecule has 13 heteroatoms. The number of carbonyl (C=O) groups excluding carboxylic acids is 6. The van der Waals surface area contributed by atoms with Crippen LogP contribution in [0.5, 0.6) is 0 Å². The predicted octanol–water partition coefficient (Wildman–Crippen LogP) is 19.0. The van der Waals surface area contributed by atoms with Gasteiger partial charge >= 0.3 is 35.8 Å². The molecule has 0 aliphatic heterocycles. The molecule has 0 saturated heterocycles. The van der Waals surface area contributed by atoms with E-state index in [2.05, 4.69) is 141 Å². The monoisotopic (exact) mass is 1370 g/mol. The summed E-state index contributed by atoms with van der Waals surface area (Å²) >= 11 is 0. The largest absolute Gasteiger partial charge is 0.466 e. The highest BCUT2D eigenvalue weighted by atomic mass is 16.7. The van der Waals surface area contributed by atoms with Crippen LogP contribution in [0.1, 0.15) is 216 Å². The highest BCUT2D eigenvalue weighted by Gasteiger charge is 2.64. The number of allylic oxidation sites excluding steroid dienone is 6. The molecule has 16 aliphatic rings. The van der Waals surface area contributed by atoms with Crippen molar-refractivity contribution >= 4 is 35.8 Å². The van der Waals surface area contributed by atoms with Crippen molar-refractivity contribution in [2.45, 2.75) is 235 Å². The molecule has 12 bridgehead atoms. The zero-order valence-corrected chi connectivity index (χ0v) is 63.4. The lowest BCUT2D eigenvalue weighted by Crippen LogP contribution is -2.38. The third kappa shape index (κ3) is 18.8. The molecule has 13 fully saturated rings. The Morgan fingerprint density at radius 1 is 0.414 bits per heavy atom. The molecule has 0 aromatic heterocycles. The average molecular weight is 1370 g/mol. The number of rotatable bonds is 10. The maximum absolute atomic E-state index is 11.6. The number of methoxy groups -OCH3 is 4. The molecule has 16 rings (SSSR count). The normalized spacial score (nSPS) is 38.0. The van der Waals surface area contributed by atoms with Crippen LogP contribution in [0.15, 0.2) is 111 Å². The molecule has 23 unspecified atom stereocenters. The van der Waals surface area contributed by atoms with Gasteiger partial charge in [-0.05, 0) is 286 Å². The van der Waals surface area contributed by atoms with Gasteiger partial charge in [-0.15, -0.1) is 0 Å². The van der Waals surface area contributed by atoms with Gasteiger partial charge in [0.15, 0.2) is 6.29 Å². The summed E-state index contributed by atoms with van der Waals surface area (Å²) < 4.78 is 32.8. The smallest absolute Gasteiger partial charge is 0.333 e. The summed E-state index contributed by atoms with van der Waals surface area (Å²) in [5, 5.41) is 0. The SMILES string of the molecule is C1=CC2C3CCC(C3)C2C1.C1=CC2C3CCC(C3)C2C1.C1=CC2C3CCC(C3)C2C1.C1CC2C3CCC(C3)C2C1.C=C(C)C(=O)OC.C=C(C)C(=O)OC1CC2CCC1(C)C2(C)C.C=CC(=O)OC.C=CC(=O)OC.C=CC(=O)OC(C)OC.C=CC(=O)OC1CC2CCC1(C)C2(C)C. The minimum atomic E-state index is -0.490. The number of hydrogen-bond acceptors (Lipinski definition) is 13. The van der Waals surface area contributed by atoms with Crippen LogP contribution in [0, 0.1) is 128 Å². The fourth-order valence-electron chi connectivity index (χ4n) is 22.1. The Morgan fingerprint density at radius 2 is 0.747 bits per heavy atom. The first-order chi connectivity index (χ1) is 47.0. The molecule has 0 aromatic carbocycles. The summed E-state index contributed by atoms with van der Waals surface area (Å²) in [7, 11) is 5.41. The highest BCUT2D eigenvalue weighted by molar-refractivity contribution is 5.87. The highest BCUT2D eigenvalue weighted by Crippen LogP contribution is 2.68. The molecule has 16 aliphatic carbocycles. The molecule has 23 atom stereocenters. The lowest BCUT2D eigenvalue weighted by atomic mass is 9.70. The van der Waals surface area contributed by atoms with Crippen LogP contribution in [-0.4, -0.2) is 82.8 Å². The van der Waals surface area contributed by atoms with E-state index in [1.165, 1.54) is 122 Å². The van der Waals surface area contributed by atoms with Crippen LogP contribution in [0.25, 0.3) is 0 Å². The molecule has 0 spiro atoms. The molecule has 0 aromatic rings. The maximum atomic E-state index is 11.6. The van der Waals surface area contributed by atoms with Crippen LogP contribution in [0.2, 0.25) is 0 Å². The summed E-state index contributed by atoms with van der Waals surface area (Å²) in [5.41, 5.74) is 1.86. The fourth-order valence-corrected chi connectivity index (χ4v) is 22.1. The number of esters is 6. The number of fused-ring (bicyclic) bond motifs is 24. The number of carbonyl (C=O) groups is 6. The maximum Gasteiger partial charge on any atom is 0.333 e. The van der Waals surface area contributed by atoms with Crippen LogP contribution in [0.3, 0.4) is 0 Å². The van der Waals surface area contributed by atoms with Crippen molar-refractivity contribution in [3.63, 3.8) is 0 Å². The van der Waals surface area contributed by atoms with Gasteiger partial charge in [-0.1, -0.05) is 124 Å². The summed E-state index contributed by atoms with van der Waals surface area (Å²) in [6.07, 6.45) is 53.7. The van der Waals surface area contributed by atoms with Gasteiger partial charge in [-0.2, -0.15) is 0 Å². The van der Waals surface area contributed by atoms with E-state index in [9.17, 15) is 28.8 Å². The molecular weight excluding hydrogens is 1240 g/mol. The molecule has 13 saturated carbocycles. The zero-order chi connectivity index (χ0) is 72.7. The Labute approximate surface area is 597 Å². The lowest BCUT2D eigenvalue weighted by molar-refractivity contribution is -0.163. The van der Waals surface area contributed by atoms with E-state index in [0.29, 0.717) is 33.8 Å². The Balaban J connectivity index is 0.000000157. The number of ether oxygens (including phenoxy) is 7. The topological polar surface area (TPSA) is 167 Å². The van der Waals surface area contributed by atoms with Crippen molar-refractivity contribution < 1.29 is 61.9 Å². The third-order valence-corrected chi connectivity index (χ3v) is 28.6. The van der Waals surface area contributed by atoms with Gasteiger partial charge in [0.1, 0.15) is 12.2 Å². The average Bonchev–Trinajstić information content (AvgIpc) is 1.57. The second-order valence-corrected chi connectivity index (χ2v) is 33.5. The Morgan fingerprint density at radius 3 is 1.01 bits per heavy atom. The first kappa shape index (κ1) is 80.7. The Hall–Kier alpha value is -5.56. The Kier molecular flexibility index (Phi) is 29.4. The minimum absolute atomic E-state index is 0.0884. The first-order valence-corrected chi connectivity index (χ1v) is 38.2. The molecular formula is C86H130O13. The summed E-state index contributed by atoms with van der Waals surface area (Å²) in [5.74, 6) is 17.2. The van der Waals surface area contributed by atoms with Gasteiger partial charge in [-0.25, -0.2) is 28.8 Å². The lowest BCUT2D eigenvalue weighted by Gasteiger charge is -2.38. The van der Waals surface area contributed by atoms with E-state index in [4.69, 9.17) is 9.47 Å². The molecule has 0 N–H and O–H groups in total. The zero-order valence-electron chi connectivity index (χ0n) is 63.4. The van der Waals surface area contributed by atoms with Gasteiger partial charge in [0.25, 0.3) is 0 Å². The van der Waals surface area contributed by atoms with Gasteiger partial charge in [0.05, 0.1) is 21.3 Å². The van der Waals surface area contributed by atoms with Crippen molar-refractivity contribution in [1.82, 2.24) is 0 Å². The van der Waals surface area contributed by atoms with Crippen LogP contribution in [0.4, 0.5) is 0 Å². The number of hydrogen-bond donors (Lipinski definition) is 0. The van der Waals surface area contributed by atoms with Crippen LogP contribution in [-0.2, 0) is 61.9 Å². The quantitative estimate of drug-likeness (QED) is 0.0667. The van der Waals surface area contributed by atoms with Gasteiger partial charge in [0, 0.05) is 53.4 Å². The summed E-state index contributed by atoms with van der Waals surface area (Å²) in [4.78, 5) is 63.1.